The maximum absolute atomic E-state index is 10.5. The van der Waals surface area contributed by atoms with Gasteiger partial charge in [-0.2, -0.15) is 0 Å². The molecule has 0 fully saturated rings. The van der Waals surface area contributed by atoms with Gasteiger partial charge in [0.1, 0.15) is 6.29 Å². The second kappa shape index (κ2) is 3.91. The molecule has 1 atom stereocenters. The first-order valence-corrected chi connectivity index (χ1v) is 4.44. The number of carbonyl (C=O) groups is 1. The number of carbonyl (C=O) groups excluding carboxylic acids is 1. The number of halogens is 1. The van der Waals surface area contributed by atoms with Crippen LogP contribution in [-0.4, -0.2) is 6.29 Å². The van der Waals surface area contributed by atoms with Crippen LogP contribution in [0, 0.1) is 5.92 Å². The fraction of sp³-hybridized carbons (Fsp3) is 0.667. The van der Waals surface area contributed by atoms with Crippen molar-refractivity contribution in [2.75, 3.05) is 0 Å². The van der Waals surface area contributed by atoms with Gasteiger partial charge in [-0.15, -0.1) is 0 Å². The van der Waals surface area contributed by atoms with Gasteiger partial charge >= 0.3 is 0 Å². The lowest BCUT2D eigenvalue weighted by Crippen LogP contribution is -1.91. The van der Waals surface area contributed by atoms with Gasteiger partial charge in [0.25, 0.3) is 0 Å². The van der Waals surface area contributed by atoms with Gasteiger partial charge in [-0.1, -0.05) is 18.5 Å². The summed E-state index contributed by atoms with van der Waals surface area (Å²) in [5.41, 5.74) is 0.816. The van der Waals surface area contributed by atoms with E-state index in [2.05, 4.69) is 6.92 Å². The van der Waals surface area contributed by atoms with Gasteiger partial charge in [-0.05, 0) is 31.6 Å². The standard InChI is InChI=1S/C9H13ClO/c1-7-2-4-8(6-11)9(10)5-3-7/h6-7H,2-5H2,1H3. The third-order valence-corrected chi connectivity index (χ3v) is 2.69. The minimum Gasteiger partial charge on any atom is -0.298 e. The van der Waals surface area contributed by atoms with Gasteiger partial charge in [-0.25, -0.2) is 0 Å². The van der Waals surface area contributed by atoms with Crippen molar-refractivity contribution in [2.45, 2.75) is 32.6 Å². The minimum atomic E-state index is 0.709. The van der Waals surface area contributed by atoms with Gasteiger partial charge < -0.3 is 0 Å². The fourth-order valence-corrected chi connectivity index (χ4v) is 1.59. The molecule has 0 aromatic rings. The zero-order chi connectivity index (χ0) is 8.27. The molecule has 0 amide bonds. The Labute approximate surface area is 72.4 Å². The van der Waals surface area contributed by atoms with E-state index < -0.39 is 0 Å². The van der Waals surface area contributed by atoms with Crippen molar-refractivity contribution in [2.24, 2.45) is 5.92 Å². The summed E-state index contributed by atoms with van der Waals surface area (Å²) in [6.45, 7) is 2.21. The smallest absolute Gasteiger partial charge is 0.147 e. The van der Waals surface area contributed by atoms with Crippen LogP contribution < -0.4 is 0 Å². The molecule has 0 bridgehead atoms. The first-order chi connectivity index (χ1) is 5.24. The maximum atomic E-state index is 10.5. The van der Waals surface area contributed by atoms with Crippen LogP contribution in [0.5, 0.6) is 0 Å². The van der Waals surface area contributed by atoms with Crippen LogP contribution in [0.25, 0.3) is 0 Å². The summed E-state index contributed by atoms with van der Waals surface area (Å²) in [4.78, 5) is 10.5. The second-order valence-electron chi connectivity index (χ2n) is 3.23. The van der Waals surface area contributed by atoms with Crippen molar-refractivity contribution in [1.29, 1.82) is 0 Å². The highest BCUT2D eigenvalue weighted by Crippen LogP contribution is 2.28. The Kier molecular flexibility index (Phi) is 3.13. The molecule has 0 radical (unpaired) electrons. The molecule has 1 rings (SSSR count). The summed E-state index contributed by atoms with van der Waals surface area (Å²) in [5, 5.41) is 0.782. The van der Waals surface area contributed by atoms with E-state index in [1.807, 2.05) is 0 Å². The number of allylic oxidation sites excluding steroid dienone is 2. The van der Waals surface area contributed by atoms with Gasteiger partial charge in [-0.3, -0.25) is 4.79 Å². The molecular weight excluding hydrogens is 160 g/mol. The lowest BCUT2D eigenvalue weighted by Gasteiger charge is -2.03. The van der Waals surface area contributed by atoms with Crippen molar-refractivity contribution in [3.8, 4) is 0 Å². The average molecular weight is 173 g/mol. The molecule has 1 aliphatic rings. The largest absolute Gasteiger partial charge is 0.298 e. The molecule has 0 heterocycles. The van der Waals surface area contributed by atoms with Crippen LogP contribution in [0.4, 0.5) is 0 Å². The molecule has 0 aromatic carbocycles. The quantitative estimate of drug-likeness (QED) is 0.556. The molecule has 0 saturated carbocycles. The topological polar surface area (TPSA) is 17.1 Å². The van der Waals surface area contributed by atoms with Crippen LogP contribution in [0.3, 0.4) is 0 Å². The number of aldehydes is 1. The van der Waals surface area contributed by atoms with Crippen LogP contribution in [0.15, 0.2) is 10.6 Å². The van der Waals surface area contributed by atoms with E-state index in [4.69, 9.17) is 11.6 Å². The van der Waals surface area contributed by atoms with Gasteiger partial charge in [0.2, 0.25) is 0 Å². The fourth-order valence-electron chi connectivity index (χ4n) is 1.34. The third kappa shape index (κ3) is 2.33. The normalized spacial score (nSPS) is 26.5. The molecule has 1 aliphatic carbocycles. The second-order valence-corrected chi connectivity index (χ2v) is 3.69. The monoisotopic (exact) mass is 172 g/mol. The zero-order valence-corrected chi connectivity index (χ0v) is 7.53. The Morgan fingerprint density at radius 1 is 1.45 bits per heavy atom. The SMILES string of the molecule is CC1CCC(Cl)=C(C=O)CC1. The van der Waals surface area contributed by atoms with Crippen molar-refractivity contribution < 1.29 is 4.79 Å². The summed E-state index contributed by atoms with van der Waals surface area (Å²) in [6.07, 6.45) is 4.88. The molecule has 0 N–H and O–H groups in total. The molecule has 0 aromatic heterocycles. The van der Waals surface area contributed by atoms with E-state index in [0.717, 1.165) is 42.6 Å². The maximum Gasteiger partial charge on any atom is 0.147 e. The highest BCUT2D eigenvalue weighted by molar-refractivity contribution is 6.31. The predicted octanol–water partition coefficient (Wildman–Crippen LogP) is 2.89. The van der Waals surface area contributed by atoms with E-state index in [0.29, 0.717) is 5.92 Å². The summed E-state index contributed by atoms with van der Waals surface area (Å²) < 4.78 is 0. The lowest BCUT2D eigenvalue weighted by molar-refractivity contribution is -0.105. The molecular formula is C9H13ClO. The van der Waals surface area contributed by atoms with Crippen LogP contribution in [-0.2, 0) is 4.79 Å². The Bertz CT molecular complexity index is 184. The molecule has 0 saturated heterocycles. The van der Waals surface area contributed by atoms with Crippen molar-refractivity contribution in [1.82, 2.24) is 0 Å². The summed E-state index contributed by atoms with van der Waals surface area (Å²) in [7, 11) is 0. The zero-order valence-electron chi connectivity index (χ0n) is 6.77. The predicted molar refractivity (Wildman–Crippen MR) is 46.6 cm³/mol. The first-order valence-electron chi connectivity index (χ1n) is 4.06. The number of rotatable bonds is 1. The van der Waals surface area contributed by atoms with Gasteiger partial charge in [0.05, 0.1) is 0 Å². The first kappa shape index (κ1) is 8.79. The van der Waals surface area contributed by atoms with Crippen molar-refractivity contribution >= 4 is 17.9 Å². The third-order valence-electron chi connectivity index (χ3n) is 2.25. The van der Waals surface area contributed by atoms with Crippen LogP contribution in [0.2, 0.25) is 0 Å². The molecule has 1 nitrogen and oxygen atoms in total. The van der Waals surface area contributed by atoms with E-state index in [9.17, 15) is 4.79 Å². The van der Waals surface area contributed by atoms with Gasteiger partial charge in [0.15, 0.2) is 0 Å². The van der Waals surface area contributed by atoms with E-state index >= 15 is 0 Å². The van der Waals surface area contributed by atoms with Crippen LogP contribution >= 0.6 is 11.6 Å². The summed E-state index contributed by atoms with van der Waals surface area (Å²) in [6, 6.07) is 0. The average Bonchev–Trinajstić information content (AvgIpc) is 2.15. The van der Waals surface area contributed by atoms with E-state index in [-0.39, 0.29) is 0 Å². The molecule has 1 unspecified atom stereocenters. The number of hydrogen-bond donors (Lipinski definition) is 0. The highest BCUT2D eigenvalue weighted by Gasteiger charge is 2.13. The lowest BCUT2D eigenvalue weighted by atomic mass is 10.0. The molecule has 0 aliphatic heterocycles. The number of hydrogen-bond acceptors (Lipinski definition) is 1. The van der Waals surface area contributed by atoms with E-state index in [1.165, 1.54) is 0 Å². The van der Waals surface area contributed by atoms with E-state index in [1.54, 1.807) is 0 Å². The molecule has 2 heteroatoms. The Morgan fingerprint density at radius 3 is 2.73 bits per heavy atom. The Balaban J connectivity index is 2.66. The Morgan fingerprint density at radius 2 is 2.09 bits per heavy atom. The summed E-state index contributed by atoms with van der Waals surface area (Å²) >= 11 is 5.90. The van der Waals surface area contributed by atoms with Gasteiger partial charge in [0, 0.05) is 10.6 Å². The highest BCUT2D eigenvalue weighted by atomic mass is 35.5. The summed E-state index contributed by atoms with van der Waals surface area (Å²) in [5.74, 6) is 0.709. The van der Waals surface area contributed by atoms with Crippen LogP contribution in [0.1, 0.15) is 32.6 Å². The minimum absolute atomic E-state index is 0.709. The van der Waals surface area contributed by atoms with Crippen molar-refractivity contribution in [3.63, 3.8) is 0 Å². The molecule has 62 valence electrons. The molecule has 11 heavy (non-hydrogen) atoms. The van der Waals surface area contributed by atoms with Crippen molar-refractivity contribution in [3.05, 3.63) is 10.6 Å². The Hall–Kier alpha value is -0.300. The molecule has 0 spiro atoms.